The van der Waals surface area contributed by atoms with Gasteiger partial charge in [-0.1, -0.05) is 36.8 Å². The molecule has 3 rings (SSSR count). The summed E-state index contributed by atoms with van der Waals surface area (Å²) in [5, 5.41) is 2.97. The molecule has 0 unspecified atom stereocenters. The van der Waals surface area contributed by atoms with Crippen LogP contribution in [-0.2, 0) is 11.3 Å². The lowest BCUT2D eigenvalue weighted by molar-refractivity contribution is -0.116. The number of amides is 1. The van der Waals surface area contributed by atoms with Gasteiger partial charge >= 0.3 is 0 Å². The van der Waals surface area contributed by atoms with E-state index in [4.69, 9.17) is 4.74 Å². The largest absolute Gasteiger partial charge is 0.493 e. The SMILES string of the molecule is O=C(CCOc1ccccc1)Nc1cccc(CN2CCCCC2)c1. The minimum Gasteiger partial charge on any atom is -0.493 e. The number of carbonyl (C=O) groups excluding carboxylic acids is 1. The molecular weight excluding hydrogens is 312 g/mol. The van der Waals surface area contributed by atoms with Crippen molar-refractivity contribution < 1.29 is 9.53 Å². The van der Waals surface area contributed by atoms with Gasteiger partial charge in [-0.05, 0) is 55.8 Å². The average molecular weight is 338 g/mol. The Morgan fingerprint density at radius 2 is 1.80 bits per heavy atom. The zero-order valence-electron chi connectivity index (χ0n) is 14.6. The van der Waals surface area contributed by atoms with Crippen LogP contribution in [0.15, 0.2) is 54.6 Å². The van der Waals surface area contributed by atoms with Gasteiger partial charge < -0.3 is 10.1 Å². The fourth-order valence-electron chi connectivity index (χ4n) is 3.12. The first-order chi connectivity index (χ1) is 12.3. The molecule has 1 aliphatic heterocycles. The van der Waals surface area contributed by atoms with Crippen LogP contribution in [-0.4, -0.2) is 30.5 Å². The first-order valence-corrected chi connectivity index (χ1v) is 9.08. The number of hydrogen-bond donors (Lipinski definition) is 1. The van der Waals surface area contributed by atoms with Crippen LogP contribution in [0.25, 0.3) is 0 Å². The van der Waals surface area contributed by atoms with Crippen LogP contribution in [0.3, 0.4) is 0 Å². The van der Waals surface area contributed by atoms with Crippen LogP contribution in [0.5, 0.6) is 5.75 Å². The van der Waals surface area contributed by atoms with Crippen LogP contribution >= 0.6 is 0 Å². The topological polar surface area (TPSA) is 41.6 Å². The van der Waals surface area contributed by atoms with Crippen molar-refractivity contribution >= 4 is 11.6 Å². The monoisotopic (exact) mass is 338 g/mol. The number of hydrogen-bond acceptors (Lipinski definition) is 3. The van der Waals surface area contributed by atoms with Gasteiger partial charge in [-0.3, -0.25) is 9.69 Å². The Balaban J connectivity index is 1.45. The standard InChI is InChI=1S/C21H26N2O2/c24-21(12-15-25-20-10-3-1-4-11-20)22-19-9-7-8-18(16-19)17-23-13-5-2-6-14-23/h1,3-4,7-11,16H,2,5-6,12-15,17H2,(H,22,24). The Bertz CT molecular complexity index is 667. The number of para-hydroxylation sites is 1. The van der Waals surface area contributed by atoms with E-state index >= 15 is 0 Å². The molecule has 0 aromatic heterocycles. The van der Waals surface area contributed by atoms with Crippen LogP contribution in [0, 0.1) is 0 Å². The third-order valence-electron chi connectivity index (χ3n) is 4.41. The Labute approximate surface area is 149 Å². The molecule has 1 aliphatic rings. The minimum absolute atomic E-state index is 0.0222. The van der Waals surface area contributed by atoms with Gasteiger partial charge in [0.2, 0.25) is 5.91 Å². The van der Waals surface area contributed by atoms with Gasteiger partial charge in [0.15, 0.2) is 0 Å². The lowest BCUT2D eigenvalue weighted by Crippen LogP contribution is -2.29. The molecule has 1 heterocycles. The number of nitrogens with zero attached hydrogens (tertiary/aromatic N) is 1. The number of likely N-dealkylation sites (tertiary alicyclic amines) is 1. The van der Waals surface area contributed by atoms with Crippen molar-refractivity contribution in [1.82, 2.24) is 4.90 Å². The van der Waals surface area contributed by atoms with E-state index in [1.54, 1.807) is 0 Å². The second-order valence-corrected chi connectivity index (χ2v) is 6.50. The predicted octanol–water partition coefficient (Wildman–Crippen LogP) is 4.08. The van der Waals surface area contributed by atoms with E-state index in [-0.39, 0.29) is 5.91 Å². The molecule has 1 amide bonds. The Kier molecular flexibility index (Phi) is 6.46. The number of nitrogens with one attached hydrogen (secondary N) is 1. The van der Waals surface area contributed by atoms with E-state index < -0.39 is 0 Å². The van der Waals surface area contributed by atoms with Crippen LogP contribution < -0.4 is 10.1 Å². The van der Waals surface area contributed by atoms with E-state index in [2.05, 4.69) is 22.3 Å². The molecule has 0 bridgehead atoms. The van der Waals surface area contributed by atoms with E-state index in [1.807, 2.05) is 42.5 Å². The van der Waals surface area contributed by atoms with Crippen molar-refractivity contribution in [2.45, 2.75) is 32.2 Å². The quantitative estimate of drug-likeness (QED) is 0.827. The highest BCUT2D eigenvalue weighted by atomic mass is 16.5. The second kappa shape index (κ2) is 9.23. The average Bonchev–Trinajstić information content (AvgIpc) is 2.64. The summed E-state index contributed by atoms with van der Waals surface area (Å²) in [5.41, 5.74) is 2.11. The molecule has 1 N–H and O–H groups in total. The molecule has 25 heavy (non-hydrogen) atoms. The first kappa shape index (κ1) is 17.5. The van der Waals surface area contributed by atoms with Crippen molar-refractivity contribution in [1.29, 1.82) is 0 Å². The summed E-state index contributed by atoms with van der Waals surface area (Å²) in [6.45, 7) is 3.69. The zero-order chi connectivity index (χ0) is 17.3. The van der Waals surface area contributed by atoms with Crippen molar-refractivity contribution in [3.05, 3.63) is 60.2 Å². The number of carbonyl (C=O) groups is 1. The maximum absolute atomic E-state index is 12.1. The summed E-state index contributed by atoms with van der Waals surface area (Å²) < 4.78 is 5.57. The number of anilines is 1. The van der Waals surface area contributed by atoms with Crippen LogP contribution in [0.4, 0.5) is 5.69 Å². The molecule has 4 nitrogen and oxygen atoms in total. The third-order valence-corrected chi connectivity index (χ3v) is 4.41. The summed E-state index contributed by atoms with van der Waals surface area (Å²) in [7, 11) is 0. The second-order valence-electron chi connectivity index (χ2n) is 6.50. The first-order valence-electron chi connectivity index (χ1n) is 9.08. The summed E-state index contributed by atoms with van der Waals surface area (Å²) in [6, 6.07) is 17.7. The van der Waals surface area contributed by atoms with Gasteiger partial charge in [0, 0.05) is 12.2 Å². The zero-order valence-corrected chi connectivity index (χ0v) is 14.6. The molecule has 132 valence electrons. The molecule has 2 aromatic carbocycles. The molecule has 0 atom stereocenters. The van der Waals surface area contributed by atoms with Crippen molar-refractivity contribution in [2.75, 3.05) is 25.0 Å². The molecule has 2 aromatic rings. The van der Waals surface area contributed by atoms with Gasteiger partial charge in [0.25, 0.3) is 0 Å². The van der Waals surface area contributed by atoms with Crippen molar-refractivity contribution in [3.63, 3.8) is 0 Å². The van der Waals surface area contributed by atoms with E-state index in [9.17, 15) is 4.79 Å². The predicted molar refractivity (Wildman–Crippen MR) is 101 cm³/mol. The molecule has 0 saturated carbocycles. The van der Waals surface area contributed by atoms with E-state index in [1.165, 1.54) is 37.9 Å². The highest BCUT2D eigenvalue weighted by molar-refractivity contribution is 5.90. The van der Waals surface area contributed by atoms with E-state index in [0.717, 1.165) is 18.0 Å². The molecule has 4 heteroatoms. The van der Waals surface area contributed by atoms with Crippen molar-refractivity contribution in [2.24, 2.45) is 0 Å². The Morgan fingerprint density at radius 3 is 2.60 bits per heavy atom. The van der Waals surface area contributed by atoms with Gasteiger partial charge in [-0.25, -0.2) is 0 Å². The molecule has 0 spiro atoms. The Hall–Kier alpha value is -2.33. The molecule has 0 radical (unpaired) electrons. The highest BCUT2D eigenvalue weighted by Gasteiger charge is 2.11. The van der Waals surface area contributed by atoms with Crippen molar-refractivity contribution in [3.8, 4) is 5.75 Å². The number of piperidine rings is 1. The molecular formula is C21H26N2O2. The maximum atomic E-state index is 12.1. The summed E-state index contributed by atoms with van der Waals surface area (Å²) in [4.78, 5) is 14.6. The molecule has 1 saturated heterocycles. The highest BCUT2D eigenvalue weighted by Crippen LogP contribution is 2.16. The van der Waals surface area contributed by atoms with Gasteiger partial charge in [0.05, 0.1) is 13.0 Å². The minimum atomic E-state index is -0.0222. The lowest BCUT2D eigenvalue weighted by atomic mass is 10.1. The summed E-state index contributed by atoms with van der Waals surface area (Å²) in [5.74, 6) is 0.768. The van der Waals surface area contributed by atoms with E-state index in [0.29, 0.717) is 13.0 Å². The van der Waals surface area contributed by atoms with Gasteiger partial charge in [-0.2, -0.15) is 0 Å². The fourth-order valence-corrected chi connectivity index (χ4v) is 3.12. The fraction of sp³-hybridized carbons (Fsp3) is 0.381. The van der Waals surface area contributed by atoms with Gasteiger partial charge in [0.1, 0.15) is 5.75 Å². The number of rotatable bonds is 7. The lowest BCUT2D eigenvalue weighted by Gasteiger charge is -2.26. The summed E-state index contributed by atoms with van der Waals surface area (Å²) in [6.07, 6.45) is 4.26. The smallest absolute Gasteiger partial charge is 0.227 e. The van der Waals surface area contributed by atoms with Crippen LogP contribution in [0.1, 0.15) is 31.2 Å². The molecule has 1 fully saturated rings. The normalized spacial score (nSPS) is 14.9. The van der Waals surface area contributed by atoms with Crippen LogP contribution in [0.2, 0.25) is 0 Å². The number of benzene rings is 2. The summed E-state index contributed by atoms with van der Waals surface area (Å²) >= 11 is 0. The molecule has 0 aliphatic carbocycles. The third kappa shape index (κ3) is 5.91. The van der Waals surface area contributed by atoms with Gasteiger partial charge in [-0.15, -0.1) is 0 Å². The number of ether oxygens (including phenoxy) is 1. The Morgan fingerprint density at radius 1 is 1.00 bits per heavy atom. The maximum Gasteiger partial charge on any atom is 0.227 e.